The van der Waals surface area contributed by atoms with Crippen LogP contribution in [-0.4, -0.2) is 14.8 Å². The Morgan fingerprint density at radius 3 is 1.80 bits per heavy atom. The summed E-state index contributed by atoms with van der Waals surface area (Å²) in [6.45, 7) is 4.70. The van der Waals surface area contributed by atoms with Crippen LogP contribution in [0.15, 0.2) is 102 Å². The standard InChI is InChI=1S/C38H31N5O.Pt/c1-3-14-32-30(12-1)31-13-2-4-15-33(31)38(32)42-24-40(34-16-5-7-18-36(34)42)26-10-9-11-28(20-26)44-29-21-27(22-39-23-29)41-25-43(38)37-19-8-6-17-35(37)41;/h1-4,9-15,22-25H,5-8,16-19H2;/q-4;+4. The van der Waals surface area contributed by atoms with Crippen molar-refractivity contribution in [1.82, 2.24) is 14.8 Å². The largest absolute Gasteiger partial charge is 4.00 e. The Balaban J connectivity index is 0.00000281. The predicted molar refractivity (Wildman–Crippen MR) is 169 cm³/mol. The molecule has 0 radical (unpaired) electrons. The van der Waals surface area contributed by atoms with Crippen LogP contribution in [0.25, 0.3) is 11.1 Å². The Hall–Kier alpha value is -4.02. The molecule has 45 heavy (non-hydrogen) atoms. The van der Waals surface area contributed by atoms with Crippen molar-refractivity contribution in [2.75, 3.05) is 9.80 Å². The Bertz CT molecular complexity index is 1780. The van der Waals surface area contributed by atoms with Gasteiger partial charge in [0.2, 0.25) is 0 Å². The fraction of sp³-hybridized carbons (Fsp3) is 0.237. The third kappa shape index (κ3) is 3.75. The van der Waals surface area contributed by atoms with Crippen LogP contribution in [0.3, 0.4) is 0 Å². The predicted octanol–water partition coefficient (Wildman–Crippen LogP) is 8.42. The minimum atomic E-state index is -0.601. The molecule has 0 unspecified atom stereocenters. The number of fused-ring (bicyclic) bond motifs is 21. The summed E-state index contributed by atoms with van der Waals surface area (Å²) in [4.78, 5) is 14.6. The first-order valence-corrected chi connectivity index (χ1v) is 15.9. The van der Waals surface area contributed by atoms with E-state index in [1.54, 1.807) is 6.20 Å². The van der Waals surface area contributed by atoms with E-state index in [-0.39, 0.29) is 21.1 Å². The summed E-state index contributed by atoms with van der Waals surface area (Å²) in [5.74, 6) is 1.25. The van der Waals surface area contributed by atoms with E-state index in [4.69, 9.17) is 4.74 Å². The number of hydrogen-bond acceptors (Lipinski definition) is 6. The van der Waals surface area contributed by atoms with Crippen molar-refractivity contribution in [3.8, 4) is 22.6 Å². The number of hydrogen-bond donors (Lipinski definition) is 0. The molecule has 4 heterocycles. The Morgan fingerprint density at radius 1 is 0.600 bits per heavy atom. The number of rotatable bonds is 0. The zero-order valence-corrected chi connectivity index (χ0v) is 27.0. The second-order valence-corrected chi connectivity index (χ2v) is 12.5. The molecule has 0 N–H and O–H groups in total. The first-order valence-electron chi connectivity index (χ1n) is 15.9. The molecular formula is C38H31N5OPt. The second-order valence-electron chi connectivity index (χ2n) is 12.5. The number of pyridine rings is 1. The first kappa shape index (κ1) is 27.3. The van der Waals surface area contributed by atoms with E-state index in [2.05, 4.69) is 111 Å². The van der Waals surface area contributed by atoms with E-state index >= 15 is 0 Å². The van der Waals surface area contributed by atoms with Gasteiger partial charge >= 0.3 is 21.1 Å². The van der Waals surface area contributed by atoms with Crippen molar-refractivity contribution < 1.29 is 25.8 Å². The molecule has 6 nitrogen and oxygen atoms in total. The Kier molecular flexibility index (Phi) is 6.22. The summed E-state index contributed by atoms with van der Waals surface area (Å²) in [5.41, 5.74) is 12.0. The van der Waals surface area contributed by atoms with Crippen molar-refractivity contribution in [1.29, 1.82) is 0 Å². The molecule has 0 saturated carbocycles. The zero-order valence-electron chi connectivity index (χ0n) is 24.8. The molecule has 10 rings (SSSR count). The number of benzene rings is 3. The molecule has 224 valence electrons. The Morgan fingerprint density at radius 2 is 1.16 bits per heavy atom. The van der Waals surface area contributed by atoms with E-state index in [0.29, 0.717) is 11.5 Å². The molecule has 0 atom stereocenters. The molecular weight excluding hydrogens is 738 g/mol. The van der Waals surface area contributed by atoms with Gasteiger partial charge in [0.1, 0.15) is 5.66 Å². The fourth-order valence-electron chi connectivity index (χ4n) is 8.39. The number of ether oxygens (including phenoxy) is 1. The van der Waals surface area contributed by atoms with Crippen LogP contribution < -0.4 is 14.5 Å². The van der Waals surface area contributed by atoms with Gasteiger partial charge in [0.05, 0.1) is 0 Å². The second kappa shape index (κ2) is 10.3. The van der Waals surface area contributed by atoms with Crippen LogP contribution in [0.5, 0.6) is 11.5 Å². The first-order chi connectivity index (χ1) is 21.8. The van der Waals surface area contributed by atoms with E-state index in [9.17, 15) is 0 Å². The van der Waals surface area contributed by atoms with Crippen molar-refractivity contribution in [2.45, 2.75) is 57.0 Å². The summed E-state index contributed by atoms with van der Waals surface area (Å²) in [5, 5.41) is 0. The number of aromatic nitrogens is 1. The number of anilines is 2. The van der Waals surface area contributed by atoms with Gasteiger partial charge in [0.25, 0.3) is 0 Å². The Labute approximate surface area is 278 Å². The molecule has 8 bridgehead atoms. The maximum atomic E-state index is 6.36. The summed E-state index contributed by atoms with van der Waals surface area (Å²) in [6, 6.07) is 31.4. The number of allylic oxidation sites excluding steroid dienone is 4. The van der Waals surface area contributed by atoms with Crippen LogP contribution in [0, 0.1) is 25.5 Å². The van der Waals surface area contributed by atoms with Crippen LogP contribution in [0.1, 0.15) is 62.5 Å². The fourth-order valence-corrected chi connectivity index (χ4v) is 8.39. The van der Waals surface area contributed by atoms with Crippen LogP contribution >= 0.6 is 0 Å². The van der Waals surface area contributed by atoms with Gasteiger partial charge in [-0.05, 0) is 68.7 Å². The molecule has 1 spiro atoms. The van der Waals surface area contributed by atoms with Crippen LogP contribution in [-0.2, 0) is 26.7 Å². The molecule has 7 heteroatoms. The van der Waals surface area contributed by atoms with Crippen LogP contribution in [0.4, 0.5) is 11.4 Å². The van der Waals surface area contributed by atoms with E-state index in [0.717, 1.165) is 37.1 Å². The maximum Gasteiger partial charge on any atom is 4.00 e. The van der Waals surface area contributed by atoms with Crippen molar-refractivity contribution >= 4 is 11.4 Å². The third-order valence-corrected chi connectivity index (χ3v) is 10.2. The quantitative estimate of drug-likeness (QED) is 0.167. The molecule has 3 aliphatic heterocycles. The monoisotopic (exact) mass is 768 g/mol. The van der Waals surface area contributed by atoms with Gasteiger partial charge in [-0.2, -0.15) is 6.07 Å². The topological polar surface area (TPSA) is 35.1 Å². The molecule has 1 aromatic heterocycles. The van der Waals surface area contributed by atoms with Crippen molar-refractivity contribution in [3.63, 3.8) is 0 Å². The van der Waals surface area contributed by atoms with Gasteiger partial charge in [0, 0.05) is 45.4 Å². The van der Waals surface area contributed by atoms with E-state index in [1.807, 2.05) is 12.3 Å². The molecule has 4 aromatic rings. The molecule has 3 aromatic carbocycles. The minimum absolute atomic E-state index is 0. The normalized spacial score (nSPS) is 20.3. The molecule has 0 saturated heterocycles. The smallest absolute Gasteiger partial charge is 0.508 e. The van der Waals surface area contributed by atoms with Gasteiger partial charge in [0.15, 0.2) is 0 Å². The average Bonchev–Trinajstić information content (AvgIpc) is 3.74. The van der Waals surface area contributed by atoms with E-state index < -0.39 is 5.66 Å². The van der Waals surface area contributed by atoms with Gasteiger partial charge < -0.3 is 29.3 Å². The third-order valence-electron chi connectivity index (χ3n) is 10.2. The summed E-state index contributed by atoms with van der Waals surface area (Å²) in [7, 11) is 0. The molecule has 0 amide bonds. The summed E-state index contributed by atoms with van der Waals surface area (Å²) >= 11 is 0. The summed E-state index contributed by atoms with van der Waals surface area (Å²) < 4.78 is 6.36. The van der Waals surface area contributed by atoms with Gasteiger partial charge in [-0.1, -0.05) is 60.4 Å². The van der Waals surface area contributed by atoms with Crippen molar-refractivity contribution in [2.24, 2.45) is 0 Å². The van der Waals surface area contributed by atoms with Crippen molar-refractivity contribution in [3.05, 3.63) is 139 Å². The number of nitrogens with zero attached hydrogens (tertiary/aromatic N) is 5. The van der Waals surface area contributed by atoms with Gasteiger partial charge in [-0.25, -0.2) is 0 Å². The minimum Gasteiger partial charge on any atom is -0.508 e. The average molecular weight is 769 g/mol. The van der Waals surface area contributed by atoms with E-state index in [1.165, 1.54) is 70.7 Å². The maximum absolute atomic E-state index is 6.36. The van der Waals surface area contributed by atoms with Crippen LogP contribution in [0.2, 0.25) is 0 Å². The molecule has 6 aliphatic rings. The zero-order chi connectivity index (χ0) is 28.8. The molecule has 0 fully saturated rings. The van der Waals surface area contributed by atoms with Gasteiger partial charge in [-0.15, -0.1) is 43.3 Å². The van der Waals surface area contributed by atoms with Gasteiger partial charge in [-0.3, -0.25) is 0 Å². The molecule has 3 aliphatic carbocycles. The summed E-state index contributed by atoms with van der Waals surface area (Å²) in [6.07, 6.45) is 12.5. The SMILES string of the molecule is [Pt+4].[c-]1c2cccc1N1[CH-]N(C3=C1CCCC3)C1(c3ccccc3-c3ccccc31)N1[CH-]N(C3=C1CCCC3)c1[c-]c(cnc1)O2.